The lowest BCUT2D eigenvalue weighted by Crippen LogP contribution is -2.69. The van der Waals surface area contributed by atoms with Gasteiger partial charge >= 0.3 is 0 Å². The van der Waals surface area contributed by atoms with E-state index in [1.165, 1.54) is 0 Å². The number of aryl methyl sites for hydroxylation is 2. The minimum absolute atomic E-state index is 0.109. The summed E-state index contributed by atoms with van der Waals surface area (Å²) < 4.78 is 6.38. The SMILES string of the molecule is Cc1ccc(C)c(NC(=O)[C@@H]2C(=O)N[C@]34CCCC[C@@H]3[C@H]2c2ccccc2O4)c1. The molecule has 5 heteroatoms. The minimum atomic E-state index is -0.767. The first-order valence-corrected chi connectivity index (χ1v) is 10.5. The molecular formula is C24H26N2O3. The van der Waals surface area contributed by atoms with Gasteiger partial charge in [0.1, 0.15) is 11.7 Å². The van der Waals surface area contributed by atoms with E-state index < -0.39 is 11.6 Å². The first kappa shape index (κ1) is 18.2. The van der Waals surface area contributed by atoms with Gasteiger partial charge in [0, 0.05) is 23.9 Å². The van der Waals surface area contributed by atoms with Crippen LogP contribution in [0.5, 0.6) is 5.75 Å². The van der Waals surface area contributed by atoms with Crippen LogP contribution in [0.4, 0.5) is 5.69 Å². The van der Waals surface area contributed by atoms with Gasteiger partial charge in [-0.3, -0.25) is 9.59 Å². The van der Waals surface area contributed by atoms with Crippen molar-refractivity contribution in [2.24, 2.45) is 11.8 Å². The molecule has 1 aliphatic carbocycles. The Morgan fingerprint density at radius 1 is 1.17 bits per heavy atom. The zero-order chi connectivity index (χ0) is 20.2. The van der Waals surface area contributed by atoms with Gasteiger partial charge in [-0.15, -0.1) is 0 Å². The summed E-state index contributed by atoms with van der Waals surface area (Å²) in [6.07, 6.45) is 3.85. The predicted molar refractivity (Wildman–Crippen MR) is 111 cm³/mol. The molecule has 2 amide bonds. The molecule has 2 aromatic carbocycles. The molecular weight excluding hydrogens is 364 g/mol. The summed E-state index contributed by atoms with van der Waals surface area (Å²) in [7, 11) is 0. The highest BCUT2D eigenvalue weighted by Gasteiger charge is 2.60. The van der Waals surface area contributed by atoms with E-state index in [9.17, 15) is 9.59 Å². The van der Waals surface area contributed by atoms with Gasteiger partial charge in [-0.25, -0.2) is 0 Å². The molecule has 29 heavy (non-hydrogen) atoms. The number of nitrogens with one attached hydrogen (secondary N) is 2. The molecule has 0 radical (unpaired) electrons. The predicted octanol–water partition coefficient (Wildman–Crippen LogP) is 4.05. The number of amides is 2. The maximum atomic E-state index is 13.4. The van der Waals surface area contributed by atoms with E-state index in [1.807, 2.05) is 56.3 Å². The third-order valence-electron chi connectivity index (χ3n) is 6.83. The molecule has 2 aromatic rings. The molecule has 4 atom stereocenters. The van der Waals surface area contributed by atoms with E-state index in [4.69, 9.17) is 4.74 Å². The van der Waals surface area contributed by atoms with Crippen LogP contribution in [0.3, 0.4) is 0 Å². The number of hydrogen-bond acceptors (Lipinski definition) is 3. The average Bonchev–Trinajstić information content (AvgIpc) is 2.69. The normalized spacial score (nSPS) is 29.7. The van der Waals surface area contributed by atoms with Crippen LogP contribution in [0, 0.1) is 25.7 Å². The van der Waals surface area contributed by atoms with E-state index in [1.54, 1.807) is 0 Å². The third-order valence-corrected chi connectivity index (χ3v) is 6.83. The van der Waals surface area contributed by atoms with Crippen LogP contribution >= 0.6 is 0 Å². The number of carbonyl (C=O) groups is 2. The molecule has 2 N–H and O–H groups in total. The fourth-order valence-electron chi connectivity index (χ4n) is 5.43. The molecule has 0 unspecified atom stereocenters. The van der Waals surface area contributed by atoms with Crippen LogP contribution in [0.15, 0.2) is 42.5 Å². The minimum Gasteiger partial charge on any atom is -0.467 e. The smallest absolute Gasteiger partial charge is 0.237 e. The third kappa shape index (κ3) is 2.83. The molecule has 2 heterocycles. The van der Waals surface area contributed by atoms with Crippen molar-refractivity contribution in [1.29, 1.82) is 0 Å². The van der Waals surface area contributed by atoms with E-state index >= 15 is 0 Å². The first-order valence-electron chi connectivity index (χ1n) is 10.5. The second-order valence-corrected chi connectivity index (χ2v) is 8.68. The lowest BCUT2D eigenvalue weighted by molar-refractivity contribution is -0.160. The number of piperidine rings is 1. The van der Waals surface area contributed by atoms with Crippen molar-refractivity contribution in [2.45, 2.75) is 51.2 Å². The second kappa shape index (κ2) is 6.61. The van der Waals surface area contributed by atoms with Crippen molar-refractivity contribution in [1.82, 2.24) is 5.32 Å². The van der Waals surface area contributed by atoms with Crippen molar-refractivity contribution in [3.63, 3.8) is 0 Å². The van der Waals surface area contributed by atoms with Crippen LogP contribution in [0.25, 0.3) is 0 Å². The van der Waals surface area contributed by atoms with Gasteiger partial charge in [-0.1, -0.05) is 36.8 Å². The summed E-state index contributed by atoms with van der Waals surface area (Å²) in [6.45, 7) is 3.96. The molecule has 2 fully saturated rings. The largest absolute Gasteiger partial charge is 0.467 e. The number of ether oxygens (including phenoxy) is 1. The summed E-state index contributed by atoms with van der Waals surface area (Å²) in [6, 6.07) is 13.8. The number of anilines is 1. The molecule has 2 aliphatic heterocycles. The summed E-state index contributed by atoms with van der Waals surface area (Å²) >= 11 is 0. The maximum absolute atomic E-state index is 13.4. The summed E-state index contributed by atoms with van der Waals surface area (Å²) in [5, 5.41) is 6.16. The molecule has 1 saturated heterocycles. The average molecular weight is 390 g/mol. The summed E-state index contributed by atoms with van der Waals surface area (Å²) in [5.41, 5.74) is 3.13. The molecule has 5 nitrogen and oxygen atoms in total. The number of para-hydroxylation sites is 1. The Kier molecular flexibility index (Phi) is 4.16. The van der Waals surface area contributed by atoms with Crippen molar-refractivity contribution >= 4 is 17.5 Å². The molecule has 2 bridgehead atoms. The van der Waals surface area contributed by atoms with E-state index in [0.29, 0.717) is 0 Å². The molecule has 0 spiro atoms. The van der Waals surface area contributed by atoms with Crippen molar-refractivity contribution in [2.75, 3.05) is 5.32 Å². The van der Waals surface area contributed by atoms with Gasteiger partial charge in [0.05, 0.1) is 0 Å². The number of fused-ring (bicyclic) bond motifs is 2. The highest BCUT2D eigenvalue weighted by molar-refractivity contribution is 6.08. The molecule has 1 saturated carbocycles. The first-order chi connectivity index (χ1) is 14.0. The van der Waals surface area contributed by atoms with Crippen molar-refractivity contribution in [3.05, 3.63) is 59.2 Å². The number of rotatable bonds is 2. The monoisotopic (exact) mass is 390 g/mol. The van der Waals surface area contributed by atoms with Crippen LogP contribution in [-0.2, 0) is 9.59 Å². The summed E-state index contributed by atoms with van der Waals surface area (Å²) in [5.74, 6) is -0.503. The van der Waals surface area contributed by atoms with Gasteiger partial charge in [0.2, 0.25) is 11.8 Å². The zero-order valence-corrected chi connectivity index (χ0v) is 16.8. The van der Waals surface area contributed by atoms with Gasteiger partial charge in [-0.2, -0.15) is 0 Å². The van der Waals surface area contributed by atoms with Gasteiger partial charge in [0.15, 0.2) is 5.72 Å². The maximum Gasteiger partial charge on any atom is 0.237 e. The second-order valence-electron chi connectivity index (χ2n) is 8.68. The Morgan fingerprint density at radius 2 is 2.00 bits per heavy atom. The van der Waals surface area contributed by atoms with Crippen LogP contribution in [0.1, 0.15) is 48.3 Å². The van der Waals surface area contributed by atoms with Gasteiger partial charge in [0.25, 0.3) is 0 Å². The Hall–Kier alpha value is -2.82. The van der Waals surface area contributed by atoms with Gasteiger partial charge in [-0.05, 0) is 55.5 Å². The van der Waals surface area contributed by atoms with Crippen molar-refractivity contribution in [3.8, 4) is 5.75 Å². The number of carbonyl (C=O) groups excluding carboxylic acids is 2. The van der Waals surface area contributed by atoms with Crippen LogP contribution in [-0.4, -0.2) is 17.5 Å². The molecule has 5 rings (SSSR count). The topological polar surface area (TPSA) is 67.4 Å². The highest BCUT2D eigenvalue weighted by Crippen LogP contribution is 2.55. The Bertz CT molecular complexity index is 1000. The highest BCUT2D eigenvalue weighted by atomic mass is 16.5. The Labute approximate surface area is 170 Å². The fraction of sp³-hybridized carbons (Fsp3) is 0.417. The fourth-order valence-corrected chi connectivity index (χ4v) is 5.43. The Morgan fingerprint density at radius 3 is 2.86 bits per heavy atom. The summed E-state index contributed by atoms with van der Waals surface area (Å²) in [4.78, 5) is 26.6. The van der Waals surface area contributed by atoms with Crippen LogP contribution in [0.2, 0.25) is 0 Å². The quantitative estimate of drug-likeness (QED) is 0.760. The van der Waals surface area contributed by atoms with E-state index in [2.05, 4.69) is 10.6 Å². The van der Waals surface area contributed by atoms with E-state index in [-0.39, 0.29) is 23.7 Å². The zero-order valence-electron chi connectivity index (χ0n) is 16.8. The number of benzene rings is 2. The lowest BCUT2D eigenvalue weighted by atomic mass is 9.62. The Balaban J connectivity index is 1.56. The lowest BCUT2D eigenvalue weighted by Gasteiger charge is -2.56. The molecule has 150 valence electrons. The molecule has 3 aliphatic rings. The van der Waals surface area contributed by atoms with Gasteiger partial charge < -0.3 is 15.4 Å². The standard InChI is InChI=1S/C24H26N2O3/c1-14-10-11-15(2)18(13-14)25-22(27)21-20-16-7-3-4-9-19(16)29-24(26-23(21)28)12-6-5-8-17(20)24/h3-4,7,9-11,13,17,20-21H,5-6,8,12H2,1-2H3,(H,25,27)(H,26,28)/t17-,20-,21-,24+/m1/s1. The van der Waals surface area contributed by atoms with E-state index in [0.717, 1.165) is 53.8 Å². The van der Waals surface area contributed by atoms with Crippen molar-refractivity contribution < 1.29 is 14.3 Å². The van der Waals surface area contributed by atoms with Crippen LogP contribution < -0.4 is 15.4 Å². The number of hydrogen-bond donors (Lipinski definition) is 2. The molecule has 0 aromatic heterocycles.